The Morgan fingerprint density at radius 3 is 2.26 bits per heavy atom. The number of aliphatic hydroxyl groups excluding tert-OH is 2. The molecular weight excluding hydrogens is 418 g/mol. The third kappa shape index (κ3) is 5.29. The fourth-order valence-electron chi connectivity index (χ4n) is 3.69. The minimum Gasteiger partial charge on any atom is -0.479 e. The molecule has 0 bridgehead atoms. The van der Waals surface area contributed by atoms with Crippen molar-refractivity contribution >= 4 is 33.4 Å². The lowest BCUT2D eigenvalue weighted by Gasteiger charge is -2.26. The highest BCUT2D eigenvalue weighted by molar-refractivity contribution is 7.19. The summed E-state index contributed by atoms with van der Waals surface area (Å²) < 4.78 is 1.39. The Morgan fingerprint density at radius 1 is 1.00 bits per heavy atom. The Balaban J connectivity index is 0.000000233. The van der Waals surface area contributed by atoms with Crippen LogP contribution in [0.2, 0.25) is 0 Å². The van der Waals surface area contributed by atoms with Gasteiger partial charge < -0.3 is 20.4 Å². The van der Waals surface area contributed by atoms with Crippen LogP contribution in [0.25, 0.3) is 10.1 Å². The Bertz CT molecular complexity index is 1010. The van der Waals surface area contributed by atoms with Crippen molar-refractivity contribution < 1.29 is 30.0 Å². The second-order valence-corrected chi connectivity index (χ2v) is 8.55. The molecule has 7 nitrogen and oxygen atoms in total. The van der Waals surface area contributed by atoms with E-state index in [1.165, 1.54) is 38.9 Å². The van der Waals surface area contributed by atoms with Crippen LogP contribution in [0.15, 0.2) is 54.6 Å². The van der Waals surface area contributed by atoms with Crippen molar-refractivity contribution in [2.75, 3.05) is 13.6 Å². The number of carbonyl (C=O) groups is 2. The van der Waals surface area contributed by atoms with Crippen LogP contribution in [0, 0.1) is 0 Å². The van der Waals surface area contributed by atoms with Crippen molar-refractivity contribution in [2.24, 2.45) is 0 Å². The first-order chi connectivity index (χ1) is 14.8. The maximum atomic E-state index is 9.77. The van der Waals surface area contributed by atoms with Crippen molar-refractivity contribution in [1.82, 2.24) is 4.90 Å². The standard InChI is InChI=1S/C19H19NS.C4H6O6/c1-20-12-6-9-14-7-2-4-10-16(14)19(20)18-13-15-8-3-5-11-17(15)21-18;5-1(3(7)8)2(6)4(9)10/h2-5,7-8,10-11,13,19H,6,9,12H2,1H3;1-2,5-6H,(H,7,8)(H,9,10)/t;1-,2-/m.1/s1. The number of rotatable bonds is 4. The quantitative estimate of drug-likeness (QED) is 0.490. The molecule has 2 heterocycles. The van der Waals surface area contributed by atoms with Crippen LogP contribution in [0.5, 0.6) is 0 Å². The lowest BCUT2D eigenvalue weighted by atomic mass is 9.97. The number of aliphatic hydroxyl groups is 2. The van der Waals surface area contributed by atoms with E-state index < -0.39 is 24.1 Å². The van der Waals surface area contributed by atoms with Gasteiger partial charge in [0.25, 0.3) is 0 Å². The van der Waals surface area contributed by atoms with Gasteiger partial charge in [-0.1, -0.05) is 42.5 Å². The lowest BCUT2D eigenvalue weighted by molar-refractivity contribution is -0.165. The van der Waals surface area contributed by atoms with Gasteiger partial charge in [-0.3, -0.25) is 4.90 Å². The molecule has 31 heavy (non-hydrogen) atoms. The van der Waals surface area contributed by atoms with E-state index in [1.807, 2.05) is 11.3 Å². The van der Waals surface area contributed by atoms with Gasteiger partial charge in [-0.15, -0.1) is 11.3 Å². The molecular formula is C23H25NO6S. The molecule has 1 aliphatic rings. The number of aryl methyl sites for hydroxylation is 1. The molecule has 0 radical (unpaired) electrons. The van der Waals surface area contributed by atoms with Gasteiger partial charge in [0.1, 0.15) is 0 Å². The molecule has 3 atom stereocenters. The summed E-state index contributed by atoms with van der Waals surface area (Å²) >= 11 is 1.94. The van der Waals surface area contributed by atoms with E-state index in [9.17, 15) is 9.59 Å². The summed E-state index contributed by atoms with van der Waals surface area (Å²) in [6.07, 6.45) is -2.09. The largest absolute Gasteiger partial charge is 0.479 e. The summed E-state index contributed by atoms with van der Waals surface area (Å²) in [5.41, 5.74) is 3.01. The van der Waals surface area contributed by atoms with Gasteiger partial charge in [-0.05, 0) is 55.1 Å². The van der Waals surface area contributed by atoms with Crippen LogP contribution in [0.3, 0.4) is 0 Å². The van der Waals surface area contributed by atoms with Crippen molar-refractivity contribution in [3.8, 4) is 0 Å². The minimum absolute atomic E-state index is 0.404. The number of hydrogen-bond acceptors (Lipinski definition) is 6. The Hall–Kier alpha value is -2.78. The zero-order valence-electron chi connectivity index (χ0n) is 17.0. The number of aliphatic carboxylic acids is 2. The molecule has 4 N–H and O–H groups in total. The van der Waals surface area contributed by atoms with E-state index in [0.29, 0.717) is 6.04 Å². The number of carboxylic acid groups (broad SMARTS) is 2. The van der Waals surface area contributed by atoms with Crippen molar-refractivity contribution in [3.05, 3.63) is 70.6 Å². The summed E-state index contributed by atoms with van der Waals surface area (Å²) in [4.78, 5) is 23.5. The van der Waals surface area contributed by atoms with E-state index in [4.69, 9.17) is 20.4 Å². The van der Waals surface area contributed by atoms with Gasteiger partial charge in [0.2, 0.25) is 0 Å². The zero-order valence-corrected chi connectivity index (χ0v) is 17.8. The van der Waals surface area contributed by atoms with Gasteiger partial charge >= 0.3 is 11.9 Å². The molecule has 0 aliphatic carbocycles. The first-order valence-corrected chi connectivity index (χ1v) is 10.7. The van der Waals surface area contributed by atoms with E-state index in [-0.39, 0.29) is 0 Å². The molecule has 0 saturated heterocycles. The normalized spacial score (nSPS) is 18.2. The van der Waals surface area contributed by atoms with Gasteiger partial charge in [0.15, 0.2) is 12.2 Å². The van der Waals surface area contributed by atoms with Crippen molar-refractivity contribution in [1.29, 1.82) is 0 Å². The van der Waals surface area contributed by atoms with Gasteiger partial charge in [-0.25, -0.2) is 9.59 Å². The van der Waals surface area contributed by atoms with Crippen LogP contribution < -0.4 is 0 Å². The molecule has 2 aromatic carbocycles. The van der Waals surface area contributed by atoms with E-state index in [1.54, 1.807) is 0 Å². The van der Waals surface area contributed by atoms with Crippen LogP contribution in [0.4, 0.5) is 0 Å². The van der Waals surface area contributed by atoms with Gasteiger partial charge in [0, 0.05) is 9.58 Å². The number of nitrogens with zero attached hydrogens (tertiary/aromatic N) is 1. The summed E-state index contributed by atoms with van der Waals surface area (Å²) in [6, 6.07) is 20.5. The fraction of sp³-hybridized carbons (Fsp3) is 0.304. The third-order valence-corrected chi connectivity index (χ3v) is 6.44. The monoisotopic (exact) mass is 443 g/mol. The average molecular weight is 444 g/mol. The Morgan fingerprint density at radius 2 is 1.61 bits per heavy atom. The molecule has 3 aromatic rings. The predicted octanol–water partition coefficient (Wildman–Crippen LogP) is 2.75. The molecule has 8 heteroatoms. The van der Waals surface area contributed by atoms with E-state index in [0.717, 1.165) is 6.54 Å². The van der Waals surface area contributed by atoms with Crippen molar-refractivity contribution in [2.45, 2.75) is 31.1 Å². The maximum Gasteiger partial charge on any atom is 0.335 e. The molecule has 4 rings (SSSR count). The summed E-state index contributed by atoms with van der Waals surface area (Å²) in [5, 5.41) is 33.9. The second-order valence-electron chi connectivity index (χ2n) is 7.44. The number of benzene rings is 2. The molecule has 1 aliphatic heterocycles. The predicted molar refractivity (Wildman–Crippen MR) is 118 cm³/mol. The Kier molecular flexibility index (Phi) is 7.40. The molecule has 0 saturated carbocycles. The van der Waals surface area contributed by atoms with E-state index >= 15 is 0 Å². The highest BCUT2D eigenvalue weighted by atomic mass is 32.1. The lowest BCUT2D eigenvalue weighted by Crippen LogP contribution is -2.39. The summed E-state index contributed by atoms with van der Waals surface area (Å²) in [7, 11) is 2.26. The van der Waals surface area contributed by atoms with E-state index in [2.05, 4.69) is 66.5 Å². The second kappa shape index (κ2) is 10.0. The molecule has 1 unspecified atom stereocenters. The maximum absolute atomic E-state index is 9.77. The molecule has 164 valence electrons. The molecule has 0 spiro atoms. The fourth-order valence-corrected chi connectivity index (χ4v) is 4.94. The molecule has 0 fully saturated rings. The minimum atomic E-state index is -2.27. The van der Waals surface area contributed by atoms with Crippen LogP contribution in [-0.4, -0.2) is 63.1 Å². The number of hydrogen-bond donors (Lipinski definition) is 4. The molecule has 1 aromatic heterocycles. The summed E-state index contributed by atoms with van der Waals surface area (Å²) in [5.74, 6) is -3.54. The highest BCUT2D eigenvalue weighted by Gasteiger charge is 2.29. The summed E-state index contributed by atoms with van der Waals surface area (Å²) in [6.45, 7) is 1.16. The number of thiophene rings is 1. The van der Waals surface area contributed by atoms with Crippen LogP contribution in [-0.2, 0) is 16.0 Å². The molecule has 0 amide bonds. The van der Waals surface area contributed by atoms with Crippen LogP contribution in [0.1, 0.15) is 28.5 Å². The smallest absolute Gasteiger partial charge is 0.335 e. The van der Waals surface area contributed by atoms with Crippen LogP contribution >= 0.6 is 11.3 Å². The number of fused-ring (bicyclic) bond motifs is 2. The zero-order chi connectivity index (χ0) is 22.5. The average Bonchev–Trinajstić information content (AvgIpc) is 3.10. The third-order valence-electron chi connectivity index (χ3n) is 5.27. The van der Waals surface area contributed by atoms with Crippen molar-refractivity contribution in [3.63, 3.8) is 0 Å². The Labute approximate surface area is 183 Å². The first-order valence-electron chi connectivity index (χ1n) is 9.88. The SMILES string of the molecule is CN1CCCc2ccccc2C1c1cc2ccccc2s1.O=C(O)[C@H](O)[C@@H](O)C(=O)O. The number of carboxylic acids is 2. The van der Waals surface area contributed by atoms with Gasteiger partial charge in [-0.2, -0.15) is 0 Å². The first kappa shape index (κ1) is 22.9. The topological polar surface area (TPSA) is 118 Å². The highest BCUT2D eigenvalue weighted by Crippen LogP contribution is 2.39. The van der Waals surface area contributed by atoms with Gasteiger partial charge in [0.05, 0.1) is 6.04 Å².